The van der Waals surface area contributed by atoms with Crippen molar-refractivity contribution in [3.63, 3.8) is 0 Å². The minimum absolute atomic E-state index is 0.326. The van der Waals surface area contributed by atoms with Crippen LogP contribution in [0.2, 0.25) is 0 Å². The molecule has 0 aliphatic carbocycles. The van der Waals surface area contributed by atoms with Gasteiger partial charge in [0.2, 0.25) is 7.37 Å². The fraction of sp³-hybridized carbons (Fsp3) is 1.00. The lowest BCUT2D eigenvalue weighted by atomic mass is 11.0. The summed E-state index contributed by atoms with van der Waals surface area (Å²) in [6.07, 6.45) is 0.331. The summed E-state index contributed by atoms with van der Waals surface area (Å²) in [5.74, 6) is -0.326. The van der Waals surface area contributed by atoms with Gasteiger partial charge in [0.15, 0.2) is 5.85 Å². The molecule has 3 nitrogen and oxygen atoms in total. The second-order valence-electron chi connectivity index (χ2n) is 1.86. The Morgan fingerprint density at radius 3 is 2.62 bits per heavy atom. The molecule has 0 amide bonds. The third-order valence-corrected chi connectivity index (χ3v) is 3.32. The van der Waals surface area contributed by atoms with E-state index in [0.717, 1.165) is 0 Å². The van der Waals surface area contributed by atoms with Crippen molar-refractivity contribution in [2.45, 2.75) is 12.8 Å². The Bertz CT molecular complexity index is 129. The molecule has 1 N–H and O–H groups in total. The molecule has 8 heavy (non-hydrogen) atoms. The van der Waals surface area contributed by atoms with Crippen molar-refractivity contribution in [2.75, 3.05) is 12.8 Å². The maximum Gasteiger partial charge on any atom is 0.230 e. The smallest absolute Gasteiger partial charge is 0.230 e. The summed E-state index contributed by atoms with van der Waals surface area (Å²) in [6.45, 7) is 2.17. The Balaban J connectivity index is 2.50. The molecule has 1 fully saturated rings. The summed E-state index contributed by atoms with van der Waals surface area (Å²) in [5.41, 5.74) is 0. The number of epoxide rings is 1. The lowest BCUT2D eigenvalue weighted by molar-refractivity contribution is 0.410. The van der Waals surface area contributed by atoms with Gasteiger partial charge in [0, 0.05) is 6.16 Å². The normalized spacial score (nSPS) is 34.0. The van der Waals surface area contributed by atoms with Crippen molar-refractivity contribution in [2.24, 2.45) is 0 Å². The monoisotopic (exact) mass is 136 g/mol. The third-order valence-electron chi connectivity index (χ3n) is 1.22. The van der Waals surface area contributed by atoms with Crippen LogP contribution in [0.3, 0.4) is 0 Å². The molecule has 1 rings (SSSR count). The van der Waals surface area contributed by atoms with E-state index in [2.05, 4.69) is 4.74 Å². The number of hydrogen-bond acceptors (Lipinski definition) is 2. The number of hydrogen-bond donors (Lipinski definition) is 1. The second kappa shape index (κ2) is 1.83. The first-order chi connectivity index (χ1) is 3.67. The van der Waals surface area contributed by atoms with Crippen molar-refractivity contribution in [3.8, 4) is 0 Å². The van der Waals surface area contributed by atoms with Crippen LogP contribution in [0.4, 0.5) is 0 Å². The highest BCUT2D eigenvalue weighted by atomic mass is 31.2. The summed E-state index contributed by atoms with van der Waals surface area (Å²) < 4.78 is 15.4. The molecule has 2 unspecified atom stereocenters. The molecule has 0 aromatic heterocycles. The SMILES string of the molecule is CCP(=O)(O)C1CO1. The topological polar surface area (TPSA) is 49.8 Å². The summed E-state index contributed by atoms with van der Waals surface area (Å²) in [7, 11) is -2.86. The van der Waals surface area contributed by atoms with E-state index in [4.69, 9.17) is 4.89 Å². The quantitative estimate of drug-likeness (QED) is 0.447. The molecule has 0 bridgehead atoms. The van der Waals surface area contributed by atoms with E-state index < -0.39 is 7.37 Å². The van der Waals surface area contributed by atoms with E-state index >= 15 is 0 Å². The molecule has 1 aliphatic rings. The van der Waals surface area contributed by atoms with Crippen LogP contribution in [-0.2, 0) is 9.30 Å². The lowest BCUT2D eigenvalue weighted by Gasteiger charge is -2.01. The van der Waals surface area contributed by atoms with Gasteiger partial charge in [-0.05, 0) is 0 Å². The van der Waals surface area contributed by atoms with Crippen molar-refractivity contribution >= 4 is 7.37 Å². The first kappa shape index (κ1) is 6.27. The summed E-state index contributed by atoms with van der Waals surface area (Å²) in [6, 6.07) is 0. The molecule has 1 aliphatic heterocycles. The van der Waals surface area contributed by atoms with Gasteiger partial charge < -0.3 is 9.63 Å². The van der Waals surface area contributed by atoms with E-state index in [1.165, 1.54) is 0 Å². The fourth-order valence-corrected chi connectivity index (χ4v) is 1.44. The molecule has 0 spiro atoms. The van der Waals surface area contributed by atoms with Crippen molar-refractivity contribution < 1.29 is 14.2 Å². The molecule has 2 atom stereocenters. The number of rotatable bonds is 2. The zero-order valence-electron chi connectivity index (χ0n) is 4.70. The Kier molecular flexibility index (Phi) is 1.44. The van der Waals surface area contributed by atoms with Gasteiger partial charge in [0.1, 0.15) is 0 Å². The molecule has 48 valence electrons. The van der Waals surface area contributed by atoms with E-state index in [-0.39, 0.29) is 5.85 Å². The average molecular weight is 136 g/mol. The van der Waals surface area contributed by atoms with E-state index in [1.54, 1.807) is 6.92 Å². The molecule has 1 saturated heterocycles. The average Bonchev–Trinajstić information content (AvgIpc) is 2.44. The maximum absolute atomic E-state index is 10.8. The molecule has 4 heteroatoms. The van der Waals surface area contributed by atoms with Crippen LogP contribution in [0, 0.1) is 0 Å². The van der Waals surface area contributed by atoms with Gasteiger partial charge in [-0.3, -0.25) is 4.57 Å². The van der Waals surface area contributed by atoms with Crippen LogP contribution < -0.4 is 0 Å². The molecule has 0 aromatic carbocycles. The maximum atomic E-state index is 10.8. The van der Waals surface area contributed by atoms with Gasteiger partial charge in [0.05, 0.1) is 6.61 Å². The summed E-state index contributed by atoms with van der Waals surface area (Å²) in [5, 5.41) is 0. The van der Waals surface area contributed by atoms with Crippen LogP contribution in [-0.4, -0.2) is 23.5 Å². The predicted molar refractivity (Wildman–Crippen MR) is 30.1 cm³/mol. The van der Waals surface area contributed by atoms with E-state index in [0.29, 0.717) is 12.8 Å². The van der Waals surface area contributed by atoms with E-state index in [9.17, 15) is 4.57 Å². The predicted octanol–water partition coefficient (Wildman–Crippen LogP) is 0.633. The van der Waals surface area contributed by atoms with Gasteiger partial charge in [-0.2, -0.15) is 0 Å². The second-order valence-corrected chi connectivity index (χ2v) is 4.58. The number of ether oxygens (including phenoxy) is 1. The molecule has 0 radical (unpaired) electrons. The van der Waals surface area contributed by atoms with Crippen LogP contribution in [0.1, 0.15) is 6.92 Å². The Morgan fingerprint density at radius 2 is 2.50 bits per heavy atom. The largest absolute Gasteiger partial charge is 0.362 e. The summed E-state index contributed by atoms with van der Waals surface area (Å²) >= 11 is 0. The first-order valence-corrected chi connectivity index (χ1v) is 4.51. The lowest BCUT2D eigenvalue weighted by Crippen LogP contribution is -1.90. The van der Waals surface area contributed by atoms with Gasteiger partial charge in [0.25, 0.3) is 0 Å². The van der Waals surface area contributed by atoms with Gasteiger partial charge in [-0.15, -0.1) is 0 Å². The van der Waals surface area contributed by atoms with Crippen molar-refractivity contribution in [1.82, 2.24) is 0 Å². The summed E-state index contributed by atoms with van der Waals surface area (Å²) in [4.78, 5) is 8.89. The fourth-order valence-electron chi connectivity index (χ4n) is 0.480. The van der Waals surface area contributed by atoms with Crippen LogP contribution in [0.25, 0.3) is 0 Å². The zero-order valence-corrected chi connectivity index (χ0v) is 5.60. The van der Waals surface area contributed by atoms with Crippen LogP contribution in [0.15, 0.2) is 0 Å². The minimum Gasteiger partial charge on any atom is -0.362 e. The highest BCUT2D eigenvalue weighted by Crippen LogP contribution is 2.51. The molecule has 1 heterocycles. The van der Waals surface area contributed by atoms with Gasteiger partial charge >= 0.3 is 0 Å². The van der Waals surface area contributed by atoms with Gasteiger partial charge in [-0.25, -0.2) is 0 Å². The molecular weight excluding hydrogens is 127 g/mol. The molecule has 0 aromatic rings. The van der Waals surface area contributed by atoms with Gasteiger partial charge in [-0.1, -0.05) is 6.92 Å². The Hall–Kier alpha value is 0.150. The first-order valence-electron chi connectivity index (χ1n) is 2.60. The van der Waals surface area contributed by atoms with Crippen molar-refractivity contribution in [1.29, 1.82) is 0 Å². The highest BCUT2D eigenvalue weighted by molar-refractivity contribution is 7.58. The Morgan fingerprint density at radius 1 is 2.00 bits per heavy atom. The zero-order chi connectivity index (χ0) is 6.20. The third kappa shape index (κ3) is 1.10. The van der Waals surface area contributed by atoms with Crippen molar-refractivity contribution in [3.05, 3.63) is 0 Å². The highest BCUT2D eigenvalue weighted by Gasteiger charge is 2.39. The minimum atomic E-state index is -2.86. The van der Waals surface area contributed by atoms with E-state index in [1.807, 2.05) is 0 Å². The molecular formula is C4H9O3P. The standard InChI is InChI=1S/C4H9O3P/c1-2-8(5,6)4-3-7-4/h4H,2-3H2,1H3,(H,5,6). The van der Waals surface area contributed by atoms with Crippen LogP contribution in [0.5, 0.6) is 0 Å². The Labute approximate surface area is 48.1 Å². The van der Waals surface area contributed by atoms with Crippen LogP contribution >= 0.6 is 7.37 Å². The molecule has 0 saturated carbocycles.